The van der Waals surface area contributed by atoms with Crippen LogP contribution in [0, 0.1) is 10.1 Å². The predicted molar refractivity (Wildman–Crippen MR) is 80.1 cm³/mol. The highest BCUT2D eigenvalue weighted by Gasteiger charge is 2.40. The predicted octanol–water partition coefficient (Wildman–Crippen LogP) is 1.59. The Kier molecular flexibility index (Phi) is 4.92. The molecule has 1 amide bonds. The third-order valence-corrected chi connectivity index (χ3v) is 4.14. The van der Waals surface area contributed by atoms with Crippen molar-refractivity contribution in [2.75, 3.05) is 6.61 Å². The number of nitrogens with zero attached hydrogens (tertiary/aromatic N) is 1. The molecule has 0 aliphatic heterocycles. The van der Waals surface area contributed by atoms with E-state index in [9.17, 15) is 14.9 Å². The normalized spacial score (nSPS) is 24.2. The van der Waals surface area contributed by atoms with Gasteiger partial charge in [-0.15, -0.1) is 0 Å². The largest absolute Gasteiger partial charge is 0.376 e. The number of nitrogens with one attached hydrogen (secondary N) is 1. The Hall–Kier alpha value is -1.51. The van der Waals surface area contributed by atoms with Crippen LogP contribution in [0.15, 0.2) is 22.7 Å². The third-order valence-electron chi connectivity index (χ3n) is 3.45. The van der Waals surface area contributed by atoms with Crippen molar-refractivity contribution < 1.29 is 14.5 Å². The summed E-state index contributed by atoms with van der Waals surface area (Å²) in [5.74, 6) is -0.407. The van der Waals surface area contributed by atoms with E-state index < -0.39 is 10.8 Å². The Bertz CT molecular complexity index is 564. The SMILES string of the molecule is CCOC1CC(N)C1NC(=O)c1cc([N+](=O)[O-])ccc1Br. The van der Waals surface area contributed by atoms with Gasteiger partial charge in [-0.3, -0.25) is 14.9 Å². The highest BCUT2D eigenvalue weighted by atomic mass is 79.9. The number of carbonyl (C=O) groups excluding carboxylic acids is 1. The number of halogens is 1. The summed E-state index contributed by atoms with van der Waals surface area (Å²) in [5, 5.41) is 13.6. The standard InChI is InChI=1S/C13H16BrN3O4/c1-2-21-11-6-10(15)12(11)16-13(18)8-5-7(17(19)20)3-4-9(8)14/h3-5,10-12H,2,6,15H2,1H3,(H,16,18). The minimum Gasteiger partial charge on any atom is -0.376 e. The number of ether oxygens (including phenoxy) is 1. The zero-order valence-corrected chi connectivity index (χ0v) is 13.0. The molecule has 3 unspecified atom stereocenters. The van der Waals surface area contributed by atoms with Gasteiger partial charge in [0.1, 0.15) is 0 Å². The highest BCUT2D eigenvalue weighted by Crippen LogP contribution is 2.26. The number of amides is 1. The number of nitro benzene ring substituents is 1. The van der Waals surface area contributed by atoms with Crippen LogP contribution in [-0.2, 0) is 4.74 Å². The Morgan fingerprint density at radius 1 is 1.62 bits per heavy atom. The third kappa shape index (κ3) is 3.39. The van der Waals surface area contributed by atoms with Gasteiger partial charge in [-0.1, -0.05) is 0 Å². The van der Waals surface area contributed by atoms with E-state index in [1.165, 1.54) is 18.2 Å². The molecule has 0 saturated heterocycles. The van der Waals surface area contributed by atoms with Gasteiger partial charge in [0, 0.05) is 29.3 Å². The minimum atomic E-state index is -0.540. The first kappa shape index (κ1) is 15.9. The zero-order chi connectivity index (χ0) is 15.6. The van der Waals surface area contributed by atoms with Gasteiger partial charge >= 0.3 is 0 Å². The van der Waals surface area contributed by atoms with Crippen molar-refractivity contribution in [3.8, 4) is 0 Å². The molecular weight excluding hydrogens is 342 g/mol. The molecule has 1 aromatic carbocycles. The van der Waals surface area contributed by atoms with Crippen LogP contribution in [0.3, 0.4) is 0 Å². The molecule has 1 aliphatic rings. The van der Waals surface area contributed by atoms with Crippen LogP contribution in [0.1, 0.15) is 23.7 Å². The fourth-order valence-electron chi connectivity index (χ4n) is 2.26. The van der Waals surface area contributed by atoms with Crippen LogP contribution < -0.4 is 11.1 Å². The molecule has 0 spiro atoms. The van der Waals surface area contributed by atoms with Crippen LogP contribution in [0.4, 0.5) is 5.69 Å². The molecule has 21 heavy (non-hydrogen) atoms. The molecule has 3 atom stereocenters. The van der Waals surface area contributed by atoms with Gasteiger partial charge in [-0.05, 0) is 35.3 Å². The number of carbonyl (C=O) groups is 1. The van der Waals surface area contributed by atoms with Crippen molar-refractivity contribution in [2.45, 2.75) is 31.5 Å². The lowest BCUT2D eigenvalue weighted by molar-refractivity contribution is -0.384. The smallest absolute Gasteiger partial charge is 0.270 e. The van der Waals surface area contributed by atoms with E-state index in [1.807, 2.05) is 6.92 Å². The second-order valence-electron chi connectivity index (χ2n) is 4.81. The molecule has 8 heteroatoms. The summed E-state index contributed by atoms with van der Waals surface area (Å²) < 4.78 is 5.97. The minimum absolute atomic E-state index is 0.105. The summed E-state index contributed by atoms with van der Waals surface area (Å²) in [6.07, 6.45) is 0.584. The van der Waals surface area contributed by atoms with Crippen molar-refractivity contribution in [1.29, 1.82) is 0 Å². The van der Waals surface area contributed by atoms with E-state index in [-0.39, 0.29) is 29.4 Å². The van der Waals surface area contributed by atoms with Crippen molar-refractivity contribution in [1.82, 2.24) is 5.32 Å². The fourth-order valence-corrected chi connectivity index (χ4v) is 2.68. The van der Waals surface area contributed by atoms with Gasteiger partial charge in [-0.2, -0.15) is 0 Å². The summed E-state index contributed by atoms with van der Waals surface area (Å²) in [7, 11) is 0. The molecule has 114 valence electrons. The first-order valence-electron chi connectivity index (χ1n) is 6.56. The molecule has 2 rings (SSSR count). The molecule has 7 nitrogen and oxygen atoms in total. The number of non-ortho nitro benzene ring substituents is 1. The molecule has 0 bridgehead atoms. The molecular formula is C13H16BrN3O4. The topological polar surface area (TPSA) is 107 Å². The van der Waals surface area contributed by atoms with Crippen molar-refractivity contribution in [3.63, 3.8) is 0 Å². The van der Waals surface area contributed by atoms with Crippen LogP contribution >= 0.6 is 15.9 Å². The fraction of sp³-hybridized carbons (Fsp3) is 0.462. The summed E-state index contributed by atoms with van der Waals surface area (Å²) in [6, 6.07) is 3.61. The van der Waals surface area contributed by atoms with Crippen LogP contribution in [0.5, 0.6) is 0 Å². The quantitative estimate of drug-likeness (QED) is 0.614. The molecule has 1 saturated carbocycles. The number of nitro groups is 1. The second-order valence-corrected chi connectivity index (χ2v) is 5.67. The Morgan fingerprint density at radius 2 is 2.33 bits per heavy atom. The summed E-state index contributed by atoms with van der Waals surface area (Å²) in [4.78, 5) is 22.5. The van der Waals surface area contributed by atoms with E-state index in [4.69, 9.17) is 10.5 Å². The highest BCUT2D eigenvalue weighted by molar-refractivity contribution is 9.10. The van der Waals surface area contributed by atoms with Gasteiger partial charge < -0.3 is 15.8 Å². The maximum atomic E-state index is 12.3. The Morgan fingerprint density at radius 3 is 2.90 bits per heavy atom. The maximum Gasteiger partial charge on any atom is 0.270 e. The van der Waals surface area contributed by atoms with Gasteiger partial charge in [-0.25, -0.2) is 0 Å². The molecule has 0 heterocycles. The van der Waals surface area contributed by atoms with E-state index in [2.05, 4.69) is 21.2 Å². The van der Waals surface area contributed by atoms with Gasteiger partial charge in [0.2, 0.25) is 0 Å². The number of hydrogen-bond donors (Lipinski definition) is 2. The van der Waals surface area contributed by atoms with Crippen LogP contribution in [-0.4, -0.2) is 35.6 Å². The van der Waals surface area contributed by atoms with Crippen molar-refractivity contribution in [3.05, 3.63) is 38.3 Å². The molecule has 0 aromatic heterocycles. The molecule has 1 aliphatic carbocycles. The number of nitrogens with two attached hydrogens (primary N) is 1. The molecule has 1 aromatic rings. The van der Waals surface area contributed by atoms with Crippen molar-refractivity contribution in [2.24, 2.45) is 5.73 Å². The van der Waals surface area contributed by atoms with E-state index in [0.717, 1.165) is 0 Å². The average molecular weight is 358 g/mol. The van der Waals surface area contributed by atoms with Crippen LogP contribution in [0.25, 0.3) is 0 Å². The first-order valence-corrected chi connectivity index (χ1v) is 7.35. The number of hydrogen-bond acceptors (Lipinski definition) is 5. The summed E-state index contributed by atoms with van der Waals surface area (Å²) in [6.45, 7) is 2.42. The van der Waals surface area contributed by atoms with Crippen LogP contribution in [0.2, 0.25) is 0 Å². The van der Waals surface area contributed by atoms with Gasteiger partial charge in [0.15, 0.2) is 0 Å². The lowest BCUT2D eigenvalue weighted by Gasteiger charge is -2.42. The van der Waals surface area contributed by atoms with Gasteiger partial charge in [0.05, 0.1) is 22.6 Å². The van der Waals surface area contributed by atoms with E-state index in [1.54, 1.807) is 0 Å². The Balaban J connectivity index is 2.13. The maximum absolute atomic E-state index is 12.3. The summed E-state index contributed by atoms with van der Waals surface area (Å²) in [5.41, 5.74) is 5.94. The first-order chi connectivity index (χ1) is 9.93. The number of benzene rings is 1. The Labute approximate surface area is 130 Å². The number of rotatable bonds is 5. The van der Waals surface area contributed by atoms with Gasteiger partial charge in [0.25, 0.3) is 11.6 Å². The van der Waals surface area contributed by atoms with Crippen molar-refractivity contribution >= 4 is 27.5 Å². The summed E-state index contributed by atoms with van der Waals surface area (Å²) >= 11 is 3.23. The lowest BCUT2D eigenvalue weighted by Crippen LogP contribution is -2.64. The van der Waals surface area contributed by atoms with E-state index in [0.29, 0.717) is 17.5 Å². The zero-order valence-electron chi connectivity index (χ0n) is 11.4. The molecule has 3 N–H and O–H groups in total. The lowest BCUT2D eigenvalue weighted by atomic mass is 9.83. The van der Waals surface area contributed by atoms with E-state index >= 15 is 0 Å². The molecule has 1 fully saturated rings. The second kappa shape index (κ2) is 6.50. The average Bonchev–Trinajstić information content (AvgIpc) is 2.44. The molecule has 0 radical (unpaired) electrons. The monoisotopic (exact) mass is 357 g/mol.